The van der Waals surface area contributed by atoms with E-state index in [4.69, 9.17) is 5.11 Å². The van der Waals surface area contributed by atoms with Gasteiger partial charge in [0.1, 0.15) is 0 Å². The first-order valence-electron chi connectivity index (χ1n) is 7.61. The lowest BCUT2D eigenvalue weighted by atomic mass is 9.98. The van der Waals surface area contributed by atoms with Gasteiger partial charge in [-0.05, 0) is 54.0 Å². The monoisotopic (exact) mass is 268 g/mol. The van der Waals surface area contributed by atoms with Crippen molar-refractivity contribution in [3.63, 3.8) is 0 Å². The van der Waals surface area contributed by atoms with Gasteiger partial charge in [0, 0.05) is 6.61 Å². The summed E-state index contributed by atoms with van der Waals surface area (Å²) < 4.78 is 0. The first kappa shape index (κ1) is 14.8. The molecule has 1 aliphatic carbocycles. The Kier molecular flexibility index (Phi) is 5.37. The maximum atomic E-state index is 7.57. The van der Waals surface area contributed by atoms with E-state index in [1.807, 2.05) is 0 Å². The van der Waals surface area contributed by atoms with Crippen molar-refractivity contribution in [1.82, 2.24) is 0 Å². The number of aryl methyl sites for hydroxylation is 1. The molecule has 20 heavy (non-hydrogen) atoms. The van der Waals surface area contributed by atoms with Gasteiger partial charge in [0.15, 0.2) is 0 Å². The van der Waals surface area contributed by atoms with Crippen molar-refractivity contribution in [1.29, 1.82) is 0 Å². The van der Waals surface area contributed by atoms with Crippen LogP contribution in [0.4, 0.5) is 0 Å². The summed E-state index contributed by atoms with van der Waals surface area (Å²) in [5, 5.41) is 7.57. The fourth-order valence-corrected chi connectivity index (χ4v) is 2.82. The van der Waals surface area contributed by atoms with E-state index in [2.05, 4.69) is 49.4 Å². The van der Waals surface area contributed by atoms with Crippen molar-refractivity contribution in [3.8, 4) is 11.1 Å². The molecule has 3 rings (SSSR count). The normalized spacial score (nSPS) is 11.3. The van der Waals surface area contributed by atoms with E-state index in [0.717, 1.165) is 6.42 Å². The molecule has 106 valence electrons. The van der Waals surface area contributed by atoms with Crippen LogP contribution in [0.5, 0.6) is 0 Å². The van der Waals surface area contributed by atoms with Gasteiger partial charge in [-0.1, -0.05) is 55.8 Å². The summed E-state index contributed by atoms with van der Waals surface area (Å²) in [7, 11) is 0. The van der Waals surface area contributed by atoms with E-state index >= 15 is 0 Å². The van der Waals surface area contributed by atoms with Gasteiger partial charge >= 0.3 is 0 Å². The zero-order valence-electron chi connectivity index (χ0n) is 12.5. The number of hydrogen-bond donors (Lipinski definition) is 1. The molecule has 0 saturated heterocycles. The molecule has 0 amide bonds. The highest BCUT2D eigenvalue weighted by Gasteiger charge is 2.19. The fraction of sp³-hybridized carbons (Fsp3) is 0.368. The molecular formula is C19H24O. The van der Waals surface area contributed by atoms with E-state index in [0.29, 0.717) is 0 Å². The van der Waals surface area contributed by atoms with Crippen molar-refractivity contribution < 1.29 is 5.11 Å². The van der Waals surface area contributed by atoms with Crippen molar-refractivity contribution in [2.24, 2.45) is 0 Å². The SMILES string of the molecule is CCCCc1cccc2c1Cc1ccccc1-2.CCO. The number of unbranched alkanes of at least 4 members (excludes halogenated alkanes) is 1. The number of rotatable bonds is 3. The topological polar surface area (TPSA) is 20.2 Å². The third kappa shape index (κ3) is 3.10. The summed E-state index contributed by atoms with van der Waals surface area (Å²) in [5.41, 5.74) is 7.53. The molecule has 0 atom stereocenters. The predicted molar refractivity (Wildman–Crippen MR) is 86.1 cm³/mol. The van der Waals surface area contributed by atoms with Crippen molar-refractivity contribution >= 4 is 0 Å². The van der Waals surface area contributed by atoms with Crippen LogP contribution in [-0.2, 0) is 12.8 Å². The van der Waals surface area contributed by atoms with Gasteiger partial charge < -0.3 is 5.11 Å². The predicted octanol–water partition coefficient (Wildman–Crippen LogP) is 4.60. The molecule has 1 aliphatic rings. The number of fused-ring (bicyclic) bond motifs is 3. The van der Waals surface area contributed by atoms with Crippen molar-refractivity contribution in [2.45, 2.75) is 39.5 Å². The van der Waals surface area contributed by atoms with Crippen LogP contribution < -0.4 is 0 Å². The minimum Gasteiger partial charge on any atom is -0.397 e. The van der Waals surface area contributed by atoms with E-state index in [-0.39, 0.29) is 6.61 Å². The molecular weight excluding hydrogens is 244 g/mol. The second kappa shape index (κ2) is 7.25. The van der Waals surface area contributed by atoms with Crippen LogP contribution in [0, 0.1) is 0 Å². The van der Waals surface area contributed by atoms with Crippen LogP contribution in [0.3, 0.4) is 0 Å². The maximum absolute atomic E-state index is 7.57. The van der Waals surface area contributed by atoms with Crippen molar-refractivity contribution in [2.75, 3.05) is 6.61 Å². The summed E-state index contributed by atoms with van der Waals surface area (Å²) in [6, 6.07) is 15.6. The quantitative estimate of drug-likeness (QED) is 0.736. The molecule has 0 heterocycles. The van der Waals surface area contributed by atoms with Crippen LogP contribution in [-0.4, -0.2) is 11.7 Å². The van der Waals surface area contributed by atoms with Crippen LogP contribution in [0.15, 0.2) is 42.5 Å². The number of hydrogen-bond acceptors (Lipinski definition) is 1. The Morgan fingerprint density at radius 3 is 2.40 bits per heavy atom. The van der Waals surface area contributed by atoms with E-state index in [9.17, 15) is 0 Å². The summed E-state index contributed by atoms with van der Waals surface area (Å²) in [5.74, 6) is 0. The molecule has 0 fully saturated rings. The Morgan fingerprint density at radius 2 is 1.65 bits per heavy atom. The Hall–Kier alpha value is -1.60. The molecule has 0 saturated carbocycles. The van der Waals surface area contributed by atoms with Gasteiger partial charge in [-0.2, -0.15) is 0 Å². The third-order valence-electron chi connectivity index (χ3n) is 3.75. The summed E-state index contributed by atoms with van der Waals surface area (Å²) in [6.07, 6.45) is 4.93. The van der Waals surface area contributed by atoms with Gasteiger partial charge in [-0.15, -0.1) is 0 Å². The fourth-order valence-electron chi connectivity index (χ4n) is 2.82. The molecule has 0 bridgehead atoms. The third-order valence-corrected chi connectivity index (χ3v) is 3.75. The van der Waals surface area contributed by atoms with Crippen molar-refractivity contribution in [3.05, 3.63) is 59.2 Å². The Morgan fingerprint density at radius 1 is 0.950 bits per heavy atom. The lowest BCUT2D eigenvalue weighted by Gasteiger charge is -2.07. The molecule has 0 spiro atoms. The minimum absolute atomic E-state index is 0.250. The average Bonchev–Trinajstić information content (AvgIpc) is 2.85. The molecule has 0 radical (unpaired) electrons. The molecule has 1 heteroatoms. The summed E-state index contributed by atoms with van der Waals surface area (Å²) in [6.45, 7) is 4.19. The number of aliphatic hydroxyl groups is 1. The Labute approximate surface area is 122 Å². The highest BCUT2D eigenvalue weighted by atomic mass is 16.2. The van der Waals surface area contributed by atoms with E-state index in [1.165, 1.54) is 36.0 Å². The van der Waals surface area contributed by atoms with E-state index in [1.54, 1.807) is 18.1 Å². The van der Waals surface area contributed by atoms with Gasteiger partial charge in [-0.25, -0.2) is 0 Å². The van der Waals surface area contributed by atoms with E-state index < -0.39 is 0 Å². The van der Waals surface area contributed by atoms with Crippen LogP contribution in [0.25, 0.3) is 11.1 Å². The van der Waals surface area contributed by atoms with Crippen LogP contribution in [0.2, 0.25) is 0 Å². The van der Waals surface area contributed by atoms with Crippen LogP contribution >= 0.6 is 0 Å². The number of benzene rings is 2. The standard InChI is InChI=1S/C17H18.C2H6O/c1-2-3-7-13-9-6-11-16-15-10-5-4-8-14(15)12-17(13)16;1-2-3/h4-6,8-11H,2-3,7,12H2,1H3;3H,2H2,1H3. The molecule has 0 aliphatic heterocycles. The summed E-state index contributed by atoms with van der Waals surface area (Å²) in [4.78, 5) is 0. The zero-order chi connectivity index (χ0) is 14.4. The summed E-state index contributed by atoms with van der Waals surface area (Å²) >= 11 is 0. The first-order chi connectivity index (χ1) is 9.81. The van der Waals surface area contributed by atoms with Gasteiger partial charge in [0.2, 0.25) is 0 Å². The van der Waals surface area contributed by atoms with Gasteiger partial charge in [0.25, 0.3) is 0 Å². The Balaban J connectivity index is 0.000000452. The maximum Gasteiger partial charge on any atom is 0.0402 e. The molecule has 1 N–H and O–H groups in total. The smallest absolute Gasteiger partial charge is 0.0402 e. The lowest BCUT2D eigenvalue weighted by Crippen LogP contribution is -1.92. The lowest BCUT2D eigenvalue weighted by molar-refractivity contribution is 0.318. The Bertz CT molecular complexity index is 557. The van der Waals surface area contributed by atoms with Gasteiger partial charge in [-0.3, -0.25) is 0 Å². The molecule has 2 aromatic rings. The highest BCUT2D eigenvalue weighted by Crippen LogP contribution is 2.38. The molecule has 1 nitrogen and oxygen atoms in total. The largest absolute Gasteiger partial charge is 0.397 e. The molecule has 2 aromatic carbocycles. The zero-order valence-corrected chi connectivity index (χ0v) is 12.5. The average molecular weight is 268 g/mol. The molecule has 0 unspecified atom stereocenters. The van der Waals surface area contributed by atoms with Gasteiger partial charge in [0.05, 0.1) is 0 Å². The second-order valence-electron chi connectivity index (χ2n) is 5.20. The first-order valence-corrected chi connectivity index (χ1v) is 7.61. The second-order valence-corrected chi connectivity index (χ2v) is 5.20. The number of aliphatic hydroxyl groups excluding tert-OH is 1. The minimum atomic E-state index is 0.250. The highest BCUT2D eigenvalue weighted by molar-refractivity contribution is 5.77. The molecule has 0 aromatic heterocycles. The van der Waals surface area contributed by atoms with Crippen LogP contribution in [0.1, 0.15) is 43.4 Å².